The van der Waals surface area contributed by atoms with E-state index >= 15 is 0 Å². The molecule has 2 aromatic carbocycles. The summed E-state index contributed by atoms with van der Waals surface area (Å²) in [5.74, 6) is -0.864. The molecular formula is C21H18ClN7O3S. The van der Waals surface area contributed by atoms with Crippen molar-refractivity contribution in [2.75, 3.05) is 11.5 Å². The largest absolute Gasteiger partial charge is 0.384 e. The quantitative estimate of drug-likeness (QED) is 0.311. The van der Waals surface area contributed by atoms with Crippen LogP contribution in [0.4, 0.5) is 5.82 Å². The Morgan fingerprint density at radius 3 is 2.48 bits per heavy atom. The summed E-state index contributed by atoms with van der Waals surface area (Å²) < 4.78 is 3.55. The van der Waals surface area contributed by atoms with Crippen LogP contribution < -0.4 is 17.0 Å². The van der Waals surface area contributed by atoms with Gasteiger partial charge in [0.05, 0.1) is 18.0 Å². The summed E-state index contributed by atoms with van der Waals surface area (Å²) in [7, 11) is 1.32. The van der Waals surface area contributed by atoms with Crippen molar-refractivity contribution in [3.63, 3.8) is 0 Å². The summed E-state index contributed by atoms with van der Waals surface area (Å²) in [6.45, 7) is 0.127. The Bertz CT molecular complexity index is 1430. The zero-order valence-corrected chi connectivity index (χ0v) is 19.0. The summed E-state index contributed by atoms with van der Waals surface area (Å²) >= 11 is 6.97. The SMILES string of the molecule is Cn1c(=O)c(C(=O)CSc2nnnn2-c2ccc(Cl)cc2)c(N)n(Cc2ccccc2)c1=O. The molecule has 4 aromatic rings. The number of carbonyl (C=O) groups excluding carboxylic acids is 1. The molecule has 10 nitrogen and oxygen atoms in total. The van der Waals surface area contributed by atoms with Gasteiger partial charge in [-0.25, -0.2) is 4.79 Å². The first-order chi connectivity index (χ1) is 15.9. The number of nitrogens with zero attached hydrogens (tertiary/aromatic N) is 6. The van der Waals surface area contributed by atoms with Crippen molar-refractivity contribution in [1.82, 2.24) is 29.3 Å². The van der Waals surface area contributed by atoms with E-state index in [1.54, 1.807) is 24.3 Å². The lowest BCUT2D eigenvalue weighted by Gasteiger charge is -2.14. The normalized spacial score (nSPS) is 11.0. The first-order valence-corrected chi connectivity index (χ1v) is 11.1. The number of halogens is 1. The average molecular weight is 484 g/mol. The molecule has 0 radical (unpaired) electrons. The van der Waals surface area contributed by atoms with Crippen LogP contribution in [0.2, 0.25) is 5.02 Å². The number of carbonyl (C=O) groups is 1. The van der Waals surface area contributed by atoms with E-state index in [1.807, 2.05) is 30.3 Å². The molecule has 0 aliphatic carbocycles. The smallest absolute Gasteiger partial charge is 0.332 e. The molecule has 0 spiro atoms. The molecule has 4 rings (SSSR count). The molecule has 2 aromatic heterocycles. The number of nitrogens with two attached hydrogens (primary N) is 1. The fourth-order valence-electron chi connectivity index (χ4n) is 3.18. The van der Waals surface area contributed by atoms with E-state index in [0.29, 0.717) is 15.9 Å². The molecule has 12 heteroatoms. The van der Waals surface area contributed by atoms with Gasteiger partial charge < -0.3 is 5.73 Å². The minimum Gasteiger partial charge on any atom is -0.384 e. The summed E-state index contributed by atoms with van der Waals surface area (Å²) in [5.41, 5.74) is 6.02. The Labute approximate surface area is 196 Å². The van der Waals surface area contributed by atoms with Gasteiger partial charge in [0.2, 0.25) is 5.16 Å². The standard InChI is InChI=1S/C21H18ClN7O3S/c1-27-19(31)17(18(23)28(21(27)32)11-13-5-3-2-4-6-13)16(30)12-33-20-24-25-26-29(20)15-9-7-14(22)8-10-15/h2-10H,11-12,23H2,1H3. The van der Waals surface area contributed by atoms with E-state index in [1.165, 1.54) is 16.3 Å². The van der Waals surface area contributed by atoms with Gasteiger partial charge in [-0.1, -0.05) is 53.7 Å². The molecule has 0 amide bonds. The van der Waals surface area contributed by atoms with Gasteiger partial charge in [0.25, 0.3) is 5.56 Å². The molecule has 0 saturated carbocycles. The van der Waals surface area contributed by atoms with E-state index in [-0.39, 0.29) is 23.7 Å². The number of thioether (sulfide) groups is 1. The Morgan fingerprint density at radius 2 is 1.79 bits per heavy atom. The van der Waals surface area contributed by atoms with Crippen LogP contribution in [0.1, 0.15) is 15.9 Å². The van der Waals surface area contributed by atoms with Gasteiger partial charge in [-0.2, -0.15) is 4.68 Å². The molecule has 0 fully saturated rings. The Kier molecular flexibility index (Phi) is 6.43. The number of tetrazole rings is 1. The van der Waals surface area contributed by atoms with Crippen LogP contribution in [0.3, 0.4) is 0 Å². The molecule has 33 heavy (non-hydrogen) atoms. The summed E-state index contributed by atoms with van der Waals surface area (Å²) in [4.78, 5) is 38.4. The number of benzene rings is 2. The van der Waals surface area contributed by atoms with Gasteiger partial charge >= 0.3 is 5.69 Å². The van der Waals surface area contributed by atoms with Crippen LogP contribution in [0, 0.1) is 0 Å². The summed E-state index contributed by atoms with van der Waals surface area (Å²) in [5, 5.41) is 12.4. The van der Waals surface area contributed by atoms with Gasteiger partial charge in [-0.3, -0.25) is 18.7 Å². The van der Waals surface area contributed by atoms with E-state index in [9.17, 15) is 14.4 Å². The number of Topliss-reactive ketones (excluding diaryl/α,β-unsaturated/α-hetero) is 1. The zero-order valence-electron chi connectivity index (χ0n) is 17.4. The highest BCUT2D eigenvalue weighted by atomic mass is 35.5. The van der Waals surface area contributed by atoms with Crippen molar-refractivity contribution in [2.24, 2.45) is 7.05 Å². The predicted molar refractivity (Wildman–Crippen MR) is 125 cm³/mol. The van der Waals surface area contributed by atoms with Gasteiger partial charge in [-0.15, -0.1) is 5.10 Å². The minimum atomic E-state index is -0.746. The average Bonchev–Trinajstić information content (AvgIpc) is 3.29. The fraction of sp³-hybridized carbons (Fsp3) is 0.143. The Hall–Kier alpha value is -3.70. The van der Waals surface area contributed by atoms with Gasteiger partial charge in [-0.05, 0) is 40.3 Å². The molecule has 0 unspecified atom stereocenters. The van der Waals surface area contributed by atoms with E-state index < -0.39 is 17.0 Å². The maximum Gasteiger partial charge on any atom is 0.332 e. The lowest BCUT2D eigenvalue weighted by molar-refractivity contribution is 0.102. The second kappa shape index (κ2) is 9.43. The van der Waals surface area contributed by atoms with Crippen molar-refractivity contribution in [2.45, 2.75) is 11.7 Å². The van der Waals surface area contributed by atoms with Crippen LogP contribution in [-0.2, 0) is 13.6 Å². The van der Waals surface area contributed by atoms with Crippen molar-refractivity contribution >= 4 is 35.0 Å². The van der Waals surface area contributed by atoms with E-state index in [4.69, 9.17) is 17.3 Å². The Balaban J connectivity index is 1.62. The first kappa shape index (κ1) is 22.5. The molecule has 0 bridgehead atoms. The zero-order chi connectivity index (χ0) is 23.5. The molecule has 0 aliphatic rings. The van der Waals surface area contributed by atoms with Crippen LogP contribution in [0.5, 0.6) is 0 Å². The molecular weight excluding hydrogens is 466 g/mol. The van der Waals surface area contributed by atoms with Gasteiger partial charge in [0, 0.05) is 12.1 Å². The third kappa shape index (κ3) is 4.59. The highest BCUT2D eigenvalue weighted by Gasteiger charge is 2.23. The van der Waals surface area contributed by atoms with Crippen LogP contribution >= 0.6 is 23.4 Å². The molecule has 2 N–H and O–H groups in total. The fourth-order valence-corrected chi connectivity index (χ4v) is 4.07. The number of aromatic nitrogens is 6. The first-order valence-electron chi connectivity index (χ1n) is 9.70. The molecule has 168 valence electrons. The third-order valence-electron chi connectivity index (χ3n) is 4.89. The molecule has 0 atom stereocenters. The van der Waals surface area contributed by atoms with Gasteiger partial charge in [0.1, 0.15) is 11.4 Å². The number of rotatable bonds is 7. The summed E-state index contributed by atoms with van der Waals surface area (Å²) in [6, 6.07) is 16.0. The summed E-state index contributed by atoms with van der Waals surface area (Å²) in [6.07, 6.45) is 0. The second-order valence-corrected chi connectivity index (χ2v) is 8.42. The van der Waals surface area contributed by atoms with Crippen molar-refractivity contribution in [1.29, 1.82) is 0 Å². The van der Waals surface area contributed by atoms with Crippen molar-refractivity contribution < 1.29 is 4.79 Å². The number of anilines is 1. The highest BCUT2D eigenvalue weighted by molar-refractivity contribution is 7.99. The molecule has 0 saturated heterocycles. The third-order valence-corrected chi connectivity index (χ3v) is 6.06. The topological polar surface area (TPSA) is 131 Å². The van der Waals surface area contributed by atoms with Crippen LogP contribution in [0.25, 0.3) is 5.69 Å². The minimum absolute atomic E-state index is 0.127. The van der Waals surface area contributed by atoms with Gasteiger partial charge in [0.15, 0.2) is 5.78 Å². The van der Waals surface area contributed by atoms with Crippen LogP contribution in [-0.4, -0.2) is 40.9 Å². The van der Waals surface area contributed by atoms with E-state index in [2.05, 4.69) is 15.5 Å². The maximum atomic E-state index is 13.0. The number of nitrogen functional groups attached to an aromatic ring is 1. The van der Waals surface area contributed by atoms with E-state index in [0.717, 1.165) is 21.9 Å². The van der Waals surface area contributed by atoms with Crippen LogP contribution in [0.15, 0.2) is 69.3 Å². The number of ketones is 1. The lowest BCUT2D eigenvalue weighted by atomic mass is 10.2. The van der Waals surface area contributed by atoms with Crippen molar-refractivity contribution in [3.8, 4) is 5.69 Å². The molecule has 0 aliphatic heterocycles. The van der Waals surface area contributed by atoms with Crippen molar-refractivity contribution in [3.05, 3.63) is 91.6 Å². The second-order valence-electron chi connectivity index (χ2n) is 7.04. The predicted octanol–water partition coefficient (Wildman–Crippen LogP) is 1.78. The lowest BCUT2D eigenvalue weighted by Crippen LogP contribution is -2.43. The number of hydrogen-bond acceptors (Lipinski definition) is 8. The highest BCUT2D eigenvalue weighted by Crippen LogP contribution is 2.21. The monoisotopic (exact) mass is 483 g/mol. The maximum absolute atomic E-state index is 13.0. The number of hydrogen-bond donors (Lipinski definition) is 1. The molecule has 2 heterocycles. The Morgan fingerprint density at radius 1 is 1.09 bits per heavy atom.